The van der Waals surface area contributed by atoms with E-state index in [1.807, 2.05) is 64.1 Å². The van der Waals surface area contributed by atoms with Gasteiger partial charge in [-0.1, -0.05) is 42.0 Å². The molecule has 1 heterocycles. The third-order valence-electron chi connectivity index (χ3n) is 4.90. The van der Waals surface area contributed by atoms with Gasteiger partial charge in [0.05, 0.1) is 17.6 Å². The number of hydrogen-bond donors (Lipinski definition) is 2. The summed E-state index contributed by atoms with van der Waals surface area (Å²) in [5.41, 5.74) is 3.17. The number of hydrogen-bond acceptors (Lipinski definition) is 4. The Morgan fingerprint density at radius 2 is 1.70 bits per heavy atom. The Labute approximate surface area is 187 Å². The van der Waals surface area contributed by atoms with Gasteiger partial charge in [0.15, 0.2) is 0 Å². The van der Waals surface area contributed by atoms with Crippen LogP contribution in [-0.2, 0) is 21.4 Å². The maximum Gasteiger partial charge on any atom is 0.241 e. The zero-order valence-corrected chi connectivity index (χ0v) is 19.8. The van der Waals surface area contributed by atoms with Crippen LogP contribution in [0.25, 0.3) is 11.1 Å². The number of ether oxygens (including phenoxy) is 1. The highest BCUT2D eigenvalue weighted by atomic mass is 35.5. The highest BCUT2D eigenvalue weighted by molar-refractivity contribution is 7.89. The summed E-state index contributed by atoms with van der Waals surface area (Å²) in [6, 6.07) is 13.4. The minimum atomic E-state index is -3.63. The van der Waals surface area contributed by atoms with Crippen LogP contribution in [0.1, 0.15) is 44.7 Å². The number of rotatable bonds is 6. The summed E-state index contributed by atoms with van der Waals surface area (Å²) >= 11 is 0. The van der Waals surface area contributed by atoms with Gasteiger partial charge in [-0.2, -0.15) is 0 Å². The van der Waals surface area contributed by atoms with E-state index in [2.05, 4.69) is 10.0 Å². The molecule has 1 fully saturated rings. The highest BCUT2D eigenvalue weighted by Gasteiger charge is 2.25. The third-order valence-corrected chi connectivity index (χ3v) is 6.72. The molecule has 0 aromatic heterocycles. The van der Waals surface area contributed by atoms with E-state index < -0.39 is 15.6 Å². The monoisotopic (exact) mass is 452 g/mol. The topological polar surface area (TPSA) is 67.4 Å². The van der Waals surface area contributed by atoms with Gasteiger partial charge in [-0.3, -0.25) is 0 Å². The van der Waals surface area contributed by atoms with Crippen molar-refractivity contribution in [3.05, 3.63) is 53.6 Å². The summed E-state index contributed by atoms with van der Waals surface area (Å²) in [5.74, 6) is 0. The number of halogens is 1. The lowest BCUT2D eigenvalue weighted by atomic mass is 10.0. The van der Waals surface area contributed by atoms with Crippen LogP contribution in [0.4, 0.5) is 0 Å². The predicted octanol–water partition coefficient (Wildman–Crippen LogP) is 4.43. The lowest BCUT2D eigenvalue weighted by Gasteiger charge is -2.23. The molecule has 5 nitrogen and oxygen atoms in total. The Hall–Kier alpha value is -1.44. The van der Waals surface area contributed by atoms with Gasteiger partial charge in [0, 0.05) is 11.1 Å². The fraction of sp³-hybridized carbons (Fsp3) is 0.478. The van der Waals surface area contributed by atoms with Crippen molar-refractivity contribution < 1.29 is 13.2 Å². The van der Waals surface area contributed by atoms with Crippen LogP contribution in [0.3, 0.4) is 0 Å². The van der Waals surface area contributed by atoms with Crippen molar-refractivity contribution in [2.24, 2.45) is 0 Å². The SMILES string of the molecule is Cc1ccc(S(=O)(=O)NC(C)(C)C)c(-c2ccc(COC3CCNCC3)cc2)c1.Cl. The molecule has 1 saturated heterocycles. The minimum Gasteiger partial charge on any atom is -0.373 e. The van der Waals surface area contributed by atoms with E-state index in [9.17, 15) is 8.42 Å². The number of piperidine rings is 1. The van der Waals surface area contributed by atoms with Crippen molar-refractivity contribution in [3.8, 4) is 11.1 Å². The fourth-order valence-electron chi connectivity index (χ4n) is 3.52. The van der Waals surface area contributed by atoms with E-state index in [1.165, 1.54) is 0 Å². The first-order chi connectivity index (χ1) is 13.6. The first-order valence-corrected chi connectivity index (χ1v) is 11.7. The maximum atomic E-state index is 13.0. The van der Waals surface area contributed by atoms with Gasteiger partial charge < -0.3 is 10.1 Å². The number of aryl methyl sites for hydroxylation is 1. The molecular weight excluding hydrogens is 420 g/mol. The quantitative estimate of drug-likeness (QED) is 0.680. The van der Waals surface area contributed by atoms with Gasteiger partial charge in [-0.15, -0.1) is 12.4 Å². The molecule has 2 N–H and O–H groups in total. The Morgan fingerprint density at radius 3 is 2.30 bits per heavy atom. The standard InChI is InChI=1S/C23H32N2O3S.ClH/c1-17-5-10-22(29(26,27)25-23(2,3)4)21(15-17)19-8-6-18(7-9-19)16-28-20-11-13-24-14-12-20;/h5-10,15,20,24-25H,11-14,16H2,1-4H3;1H. The average molecular weight is 453 g/mol. The Kier molecular flexibility index (Phi) is 8.48. The molecule has 0 aliphatic carbocycles. The zero-order chi connectivity index (χ0) is 21.1. The van der Waals surface area contributed by atoms with E-state index >= 15 is 0 Å². The van der Waals surface area contributed by atoms with Crippen LogP contribution < -0.4 is 10.0 Å². The lowest BCUT2D eigenvalue weighted by molar-refractivity contribution is 0.0212. The normalized spacial score (nSPS) is 15.6. The van der Waals surface area contributed by atoms with Crippen molar-refractivity contribution in [3.63, 3.8) is 0 Å². The summed E-state index contributed by atoms with van der Waals surface area (Å²) in [7, 11) is -3.63. The molecule has 0 atom stereocenters. The van der Waals surface area contributed by atoms with Crippen molar-refractivity contribution in [1.29, 1.82) is 0 Å². The van der Waals surface area contributed by atoms with Crippen LogP contribution in [0, 0.1) is 6.92 Å². The zero-order valence-electron chi connectivity index (χ0n) is 18.2. The molecule has 0 spiro atoms. The minimum absolute atomic E-state index is 0. The van der Waals surface area contributed by atoms with Gasteiger partial charge in [0.2, 0.25) is 10.0 Å². The molecule has 0 bridgehead atoms. The van der Waals surface area contributed by atoms with Gasteiger partial charge in [0.25, 0.3) is 0 Å². The van der Waals surface area contributed by atoms with Crippen molar-refractivity contribution in [1.82, 2.24) is 10.0 Å². The Morgan fingerprint density at radius 1 is 1.07 bits per heavy atom. The Balaban J connectivity index is 0.00000320. The first-order valence-electron chi connectivity index (χ1n) is 10.2. The highest BCUT2D eigenvalue weighted by Crippen LogP contribution is 2.29. The molecule has 2 aromatic rings. The smallest absolute Gasteiger partial charge is 0.241 e. The molecule has 7 heteroatoms. The number of sulfonamides is 1. The number of nitrogens with one attached hydrogen (secondary N) is 2. The van der Waals surface area contributed by atoms with Crippen LogP contribution >= 0.6 is 12.4 Å². The lowest BCUT2D eigenvalue weighted by Crippen LogP contribution is -2.40. The molecule has 2 aromatic carbocycles. The molecule has 0 saturated carbocycles. The van der Waals surface area contributed by atoms with Crippen LogP contribution in [0.5, 0.6) is 0 Å². The second-order valence-electron chi connectivity index (χ2n) is 8.81. The van der Waals surface area contributed by atoms with Crippen LogP contribution in [0.15, 0.2) is 47.4 Å². The van der Waals surface area contributed by atoms with Gasteiger partial charge in [-0.25, -0.2) is 13.1 Å². The van der Waals surface area contributed by atoms with Gasteiger partial charge in [-0.05, 0) is 70.8 Å². The van der Waals surface area contributed by atoms with Crippen molar-refractivity contribution >= 4 is 22.4 Å². The van der Waals surface area contributed by atoms with E-state index in [0.717, 1.165) is 42.6 Å². The van der Waals surface area contributed by atoms with E-state index in [-0.39, 0.29) is 12.4 Å². The van der Waals surface area contributed by atoms with Gasteiger partial charge in [0.1, 0.15) is 0 Å². The fourth-order valence-corrected chi connectivity index (χ4v) is 5.15. The van der Waals surface area contributed by atoms with Gasteiger partial charge >= 0.3 is 0 Å². The summed E-state index contributed by atoms with van der Waals surface area (Å²) in [6.45, 7) is 10.1. The van der Waals surface area contributed by atoms with Crippen LogP contribution in [-0.4, -0.2) is 33.2 Å². The first kappa shape index (κ1) is 24.8. The van der Waals surface area contributed by atoms with E-state index in [0.29, 0.717) is 23.2 Å². The molecular formula is C23H33ClN2O3S. The predicted molar refractivity (Wildman–Crippen MR) is 125 cm³/mol. The number of benzene rings is 2. The molecule has 1 aliphatic rings. The van der Waals surface area contributed by atoms with Crippen molar-refractivity contribution in [2.45, 2.75) is 63.7 Å². The summed E-state index contributed by atoms with van der Waals surface area (Å²) < 4.78 is 34.7. The molecule has 30 heavy (non-hydrogen) atoms. The third kappa shape index (κ3) is 6.79. The summed E-state index contributed by atoms with van der Waals surface area (Å²) in [6.07, 6.45) is 2.40. The summed E-state index contributed by atoms with van der Waals surface area (Å²) in [4.78, 5) is 0.303. The van der Waals surface area contributed by atoms with E-state index in [4.69, 9.17) is 4.74 Å². The molecule has 0 unspecified atom stereocenters. The Bertz CT molecular complexity index is 932. The molecule has 0 amide bonds. The molecule has 166 valence electrons. The largest absolute Gasteiger partial charge is 0.373 e. The van der Waals surface area contributed by atoms with Crippen LogP contribution in [0.2, 0.25) is 0 Å². The maximum absolute atomic E-state index is 13.0. The molecule has 3 rings (SSSR count). The molecule has 1 aliphatic heterocycles. The summed E-state index contributed by atoms with van der Waals surface area (Å²) in [5, 5.41) is 3.34. The second kappa shape index (κ2) is 10.2. The molecule has 0 radical (unpaired) electrons. The van der Waals surface area contributed by atoms with Crippen molar-refractivity contribution in [2.75, 3.05) is 13.1 Å². The second-order valence-corrected chi connectivity index (χ2v) is 10.5. The average Bonchev–Trinajstić information content (AvgIpc) is 2.65. The van der Waals surface area contributed by atoms with E-state index in [1.54, 1.807) is 6.07 Å².